The zero-order chi connectivity index (χ0) is 17.1. The summed E-state index contributed by atoms with van der Waals surface area (Å²) in [4.78, 5) is 14.4. The fourth-order valence-electron chi connectivity index (χ4n) is 2.65. The van der Waals surface area contributed by atoms with Gasteiger partial charge in [0, 0.05) is 18.2 Å². The number of halogens is 1. The molecule has 1 fully saturated rings. The second-order valence-corrected chi connectivity index (χ2v) is 6.53. The van der Waals surface area contributed by atoms with E-state index in [9.17, 15) is 9.18 Å². The van der Waals surface area contributed by atoms with Crippen LogP contribution in [0.15, 0.2) is 30.3 Å². The van der Waals surface area contributed by atoms with Gasteiger partial charge in [-0.15, -0.1) is 0 Å². The first-order valence-corrected chi connectivity index (χ1v) is 8.33. The summed E-state index contributed by atoms with van der Waals surface area (Å²) >= 11 is 0. The van der Waals surface area contributed by atoms with Crippen LogP contribution in [0.2, 0.25) is 0 Å². The van der Waals surface area contributed by atoms with Gasteiger partial charge in [0.15, 0.2) is 5.69 Å². The van der Waals surface area contributed by atoms with Crippen molar-refractivity contribution in [3.05, 3.63) is 47.5 Å². The fraction of sp³-hybridized carbons (Fsp3) is 0.444. The average Bonchev–Trinajstić information content (AvgIpc) is 3.31. The lowest BCUT2D eigenvalue weighted by atomic mass is 10.2. The second-order valence-electron chi connectivity index (χ2n) is 6.53. The van der Waals surface area contributed by atoms with Crippen molar-refractivity contribution in [1.29, 1.82) is 0 Å². The van der Waals surface area contributed by atoms with Crippen LogP contribution in [0.25, 0.3) is 5.69 Å². The van der Waals surface area contributed by atoms with E-state index in [1.165, 1.54) is 12.1 Å². The number of benzene rings is 1. The van der Waals surface area contributed by atoms with Crippen molar-refractivity contribution < 1.29 is 9.18 Å². The Balaban J connectivity index is 1.74. The van der Waals surface area contributed by atoms with Crippen molar-refractivity contribution in [2.24, 2.45) is 0 Å². The van der Waals surface area contributed by atoms with Crippen LogP contribution in [-0.2, 0) is 0 Å². The predicted molar refractivity (Wildman–Crippen MR) is 91.0 cm³/mol. The van der Waals surface area contributed by atoms with Crippen LogP contribution in [-0.4, -0.2) is 47.8 Å². The molecule has 1 N–H and O–H groups in total. The smallest absolute Gasteiger partial charge is 0.271 e. The van der Waals surface area contributed by atoms with Crippen molar-refractivity contribution in [2.75, 3.05) is 27.2 Å². The number of aromatic nitrogens is 2. The minimum absolute atomic E-state index is 0.156. The maximum Gasteiger partial charge on any atom is 0.271 e. The van der Waals surface area contributed by atoms with Crippen molar-refractivity contribution in [2.45, 2.75) is 25.2 Å². The molecule has 1 heterocycles. The number of amides is 1. The van der Waals surface area contributed by atoms with Crippen molar-refractivity contribution in [1.82, 2.24) is 20.0 Å². The Bertz CT molecular complexity index is 704. The van der Waals surface area contributed by atoms with Crippen LogP contribution in [0.5, 0.6) is 0 Å². The van der Waals surface area contributed by atoms with Crippen molar-refractivity contribution in [3.8, 4) is 5.69 Å². The van der Waals surface area contributed by atoms with Crippen LogP contribution in [0.3, 0.4) is 0 Å². The van der Waals surface area contributed by atoms with Crippen LogP contribution in [0.1, 0.15) is 41.4 Å². The molecule has 0 unspecified atom stereocenters. The molecule has 0 aliphatic heterocycles. The highest BCUT2D eigenvalue weighted by molar-refractivity contribution is 5.92. The number of nitrogens with zero attached hydrogens (tertiary/aromatic N) is 3. The van der Waals surface area contributed by atoms with E-state index in [0.717, 1.165) is 37.2 Å². The number of hydrogen-bond acceptors (Lipinski definition) is 3. The Hall–Kier alpha value is -2.21. The first kappa shape index (κ1) is 16.6. The van der Waals surface area contributed by atoms with E-state index in [2.05, 4.69) is 15.3 Å². The van der Waals surface area contributed by atoms with E-state index in [1.54, 1.807) is 16.8 Å². The third-order valence-electron chi connectivity index (χ3n) is 4.10. The van der Waals surface area contributed by atoms with E-state index in [1.807, 2.05) is 20.2 Å². The molecule has 1 aliphatic carbocycles. The highest BCUT2D eigenvalue weighted by Crippen LogP contribution is 2.41. The van der Waals surface area contributed by atoms with E-state index in [0.29, 0.717) is 18.2 Å². The van der Waals surface area contributed by atoms with Gasteiger partial charge in [0.2, 0.25) is 0 Å². The Labute approximate surface area is 141 Å². The normalized spacial score (nSPS) is 14.2. The Morgan fingerprint density at radius 1 is 1.33 bits per heavy atom. The van der Waals surface area contributed by atoms with E-state index in [4.69, 9.17) is 0 Å². The summed E-state index contributed by atoms with van der Waals surface area (Å²) in [7, 11) is 4.02. The molecule has 0 bridgehead atoms. The van der Waals surface area contributed by atoms with Crippen molar-refractivity contribution in [3.63, 3.8) is 0 Å². The number of nitrogens with one attached hydrogen (secondary N) is 1. The summed E-state index contributed by atoms with van der Waals surface area (Å²) in [6.07, 6.45) is 3.11. The maximum absolute atomic E-state index is 13.1. The number of rotatable bonds is 7. The molecule has 1 amide bonds. The lowest BCUT2D eigenvalue weighted by Gasteiger charge is -2.09. The van der Waals surface area contributed by atoms with Gasteiger partial charge in [-0.25, -0.2) is 9.07 Å². The van der Waals surface area contributed by atoms with Gasteiger partial charge in [0.05, 0.1) is 5.69 Å². The van der Waals surface area contributed by atoms with Crippen LogP contribution in [0.4, 0.5) is 4.39 Å². The standard InChI is InChI=1S/C18H23FN4O/c1-22(2)11-3-10-20-18(24)16-12-17(13-4-5-13)23(21-16)15-8-6-14(19)7-9-15/h6-9,12-13H,3-5,10-11H2,1-2H3,(H,20,24). The average molecular weight is 330 g/mol. The Kier molecular flexibility index (Phi) is 4.94. The SMILES string of the molecule is CN(C)CCCNC(=O)c1cc(C2CC2)n(-c2ccc(F)cc2)n1. The highest BCUT2D eigenvalue weighted by Gasteiger charge is 2.29. The quantitative estimate of drug-likeness (QED) is 0.794. The third-order valence-corrected chi connectivity index (χ3v) is 4.10. The highest BCUT2D eigenvalue weighted by atomic mass is 19.1. The summed E-state index contributed by atoms with van der Waals surface area (Å²) in [5.74, 6) is 0.00657. The zero-order valence-electron chi connectivity index (χ0n) is 14.1. The van der Waals surface area contributed by atoms with Crippen LogP contribution < -0.4 is 5.32 Å². The molecule has 1 saturated carbocycles. The molecule has 0 radical (unpaired) electrons. The summed E-state index contributed by atoms with van der Waals surface area (Å²) in [6, 6.07) is 8.06. The van der Waals surface area contributed by atoms with Crippen molar-refractivity contribution >= 4 is 5.91 Å². The minimum Gasteiger partial charge on any atom is -0.351 e. The summed E-state index contributed by atoms with van der Waals surface area (Å²) in [6.45, 7) is 1.55. The molecule has 0 atom stereocenters. The van der Waals surface area contributed by atoms with Gasteiger partial charge in [-0.3, -0.25) is 4.79 Å². The van der Waals surface area contributed by atoms with Gasteiger partial charge in [-0.05, 0) is 70.2 Å². The topological polar surface area (TPSA) is 50.2 Å². The lowest BCUT2D eigenvalue weighted by molar-refractivity contribution is 0.0947. The number of carbonyl (C=O) groups is 1. The summed E-state index contributed by atoms with van der Waals surface area (Å²) < 4.78 is 14.9. The molecule has 5 nitrogen and oxygen atoms in total. The molecular weight excluding hydrogens is 307 g/mol. The molecule has 3 rings (SSSR count). The van der Waals surface area contributed by atoms with E-state index in [-0.39, 0.29) is 11.7 Å². The summed E-state index contributed by atoms with van der Waals surface area (Å²) in [5, 5.41) is 7.37. The fourth-order valence-corrected chi connectivity index (χ4v) is 2.65. The van der Waals surface area contributed by atoms with Gasteiger partial charge in [-0.2, -0.15) is 5.10 Å². The number of hydrogen-bond donors (Lipinski definition) is 1. The molecule has 2 aromatic rings. The predicted octanol–water partition coefficient (Wildman–Crippen LogP) is 2.57. The molecule has 6 heteroatoms. The summed E-state index contributed by atoms with van der Waals surface area (Å²) in [5.41, 5.74) is 2.23. The molecule has 0 saturated heterocycles. The first-order valence-electron chi connectivity index (χ1n) is 8.33. The van der Waals surface area contributed by atoms with Gasteiger partial charge >= 0.3 is 0 Å². The van der Waals surface area contributed by atoms with Gasteiger partial charge in [0.1, 0.15) is 5.82 Å². The second kappa shape index (κ2) is 7.13. The van der Waals surface area contributed by atoms with Gasteiger partial charge in [-0.1, -0.05) is 0 Å². The monoisotopic (exact) mass is 330 g/mol. The maximum atomic E-state index is 13.1. The van der Waals surface area contributed by atoms with E-state index >= 15 is 0 Å². The minimum atomic E-state index is -0.280. The van der Waals surface area contributed by atoms with Crippen LogP contribution in [0, 0.1) is 5.82 Å². The van der Waals surface area contributed by atoms with Gasteiger partial charge in [0.25, 0.3) is 5.91 Å². The third kappa shape index (κ3) is 4.00. The molecule has 1 aromatic heterocycles. The lowest BCUT2D eigenvalue weighted by Crippen LogP contribution is -2.27. The Morgan fingerprint density at radius 2 is 2.04 bits per heavy atom. The molecule has 1 aliphatic rings. The zero-order valence-corrected chi connectivity index (χ0v) is 14.1. The molecule has 0 spiro atoms. The number of carbonyl (C=O) groups excluding carboxylic acids is 1. The first-order chi connectivity index (χ1) is 11.5. The molecular formula is C18H23FN4O. The molecule has 128 valence electrons. The molecule has 24 heavy (non-hydrogen) atoms. The van der Waals surface area contributed by atoms with E-state index < -0.39 is 0 Å². The Morgan fingerprint density at radius 3 is 2.67 bits per heavy atom. The van der Waals surface area contributed by atoms with Gasteiger partial charge < -0.3 is 10.2 Å². The van der Waals surface area contributed by atoms with Crippen LogP contribution >= 0.6 is 0 Å². The largest absolute Gasteiger partial charge is 0.351 e. The molecule has 1 aromatic carbocycles.